The molecule has 1 heterocycles. The van der Waals surface area contributed by atoms with Gasteiger partial charge in [0.25, 0.3) is 0 Å². The minimum Gasteiger partial charge on any atom is -0.494 e. The van der Waals surface area contributed by atoms with Gasteiger partial charge in [-0.3, -0.25) is 9.89 Å². The van der Waals surface area contributed by atoms with E-state index in [1.165, 1.54) is 25.3 Å². The number of hydrogen-bond acceptors (Lipinski definition) is 3. The van der Waals surface area contributed by atoms with Gasteiger partial charge in [-0.25, -0.2) is 13.2 Å². The molecule has 0 radical (unpaired) electrons. The lowest BCUT2D eigenvalue weighted by atomic mass is 10.0. The molecule has 1 aliphatic rings. The smallest absolute Gasteiger partial charge is 0.191 e. The van der Waals surface area contributed by atoms with Crippen molar-refractivity contribution in [2.24, 2.45) is 4.99 Å². The van der Waals surface area contributed by atoms with Gasteiger partial charge in [0.15, 0.2) is 17.5 Å². The van der Waals surface area contributed by atoms with E-state index in [1.807, 2.05) is 6.07 Å². The molecule has 31 heavy (non-hydrogen) atoms. The third-order valence-corrected chi connectivity index (χ3v) is 5.48. The Hall–Kier alpha value is -2.74. The van der Waals surface area contributed by atoms with Crippen LogP contribution in [0.5, 0.6) is 5.75 Å². The van der Waals surface area contributed by atoms with Crippen LogP contribution >= 0.6 is 0 Å². The van der Waals surface area contributed by atoms with Crippen molar-refractivity contribution in [2.45, 2.75) is 31.8 Å². The number of ether oxygens (including phenoxy) is 1. The summed E-state index contributed by atoms with van der Waals surface area (Å²) in [5.41, 5.74) is 1.39. The van der Waals surface area contributed by atoms with Crippen molar-refractivity contribution in [1.29, 1.82) is 0 Å². The Labute approximate surface area is 181 Å². The molecule has 0 spiro atoms. The van der Waals surface area contributed by atoms with Crippen LogP contribution in [-0.4, -0.2) is 50.7 Å². The highest BCUT2D eigenvalue weighted by Crippen LogP contribution is 2.20. The number of hydrogen-bond donors (Lipinski definition) is 2. The van der Waals surface area contributed by atoms with Gasteiger partial charge < -0.3 is 15.4 Å². The molecule has 168 valence electrons. The highest BCUT2D eigenvalue weighted by atomic mass is 19.1. The lowest BCUT2D eigenvalue weighted by Crippen LogP contribution is -2.48. The Bertz CT molecular complexity index is 898. The molecule has 8 heteroatoms. The van der Waals surface area contributed by atoms with Crippen LogP contribution in [0.4, 0.5) is 13.2 Å². The van der Waals surface area contributed by atoms with Gasteiger partial charge in [-0.15, -0.1) is 0 Å². The lowest BCUT2D eigenvalue weighted by Gasteiger charge is -2.33. The van der Waals surface area contributed by atoms with Crippen molar-refractivity contribution in [3.05, 3.63) is 65.0 Å². The van der Waals surface area contributed by atoms with Crippen LogP contribution in [0.25, 0.3) is 0 Å². The number of piperidine rings is 1. The van der Waals surface area contributed by atoms with Crippen LogP contribution in [0.2, 0.25) is 0 Å². The molecular weight excluding hydrogens is 405 g/mol. The highest BCUT2D eigenvalue weighted by Gasteiger charge is 2.20. The molecule has 0 aliphatic carbocycles. The number of guanidine groups is 1. The fourth-order valence-electron chi connectivity index (χ4n) is 3.73. The molecule has 2 aromatic rings. The van der Waals surface area contributed by atoms with E-state index < -0.39 is 11.6 Å². The van der Waals surface area contributed by atoms with Crippen LogP contribution in [0, 0.1) is 17.5 Å². The monoisotopic (exact) mass is 434 g/mol. The number of aliphatic imine (C=N–C) groups is 1. The summed E-state index contributed by atoms with van der Waals surface area (Å²) in [4.78, 5) is 6.53. The minimum absolute atomic E-state index is 0.257. The van der Waals surface area contributed by atoms with Crippen molar-refractivity contribution < 1.29 is 17.9 Å². The highest BCUT2D eigenvalue weighted by molar-refractivity contribution is 5.79. The molecule has 5 nitrogen and oxygen atoms in total. The van der Waals surface area contributed by atoms with Crippen LogP contribution < -0.4 is 15.4 Å². The molecule has 0 atom stereocenters. The van der Waals surface area contributed by atoms with Crippen LogP contribution in [0.1, 0.15) is 24.0 Å². The quantitative estimate of drug-likeness (QED) is 0.518. The zero-order valence-corrected chi connectivity index (χ0v) is 17.9. The van der Waals surface area contributed by atoms with Gasteiger partial charge in [0, 0.05) is 45.3 Å². The van der Waals surface area contributed by atoms with Crippen molar-refractivity contribution in [2.75, 3.05) is 33.8 Å². The Morgan fingerprint density at radius 1 is 1.10 bits per heavy atom. The maximum atomic E-state index is 13.9. The van der Waals surface area contributed by atoms with Crippen LogP contribution in [-0.2, 0) is 13.0 Å². The molecule has 0 bridgehead atoms. The van der Waals surface area contributed by atoms with E-state index in [-0.39, 0.29) is 17.6 Å². The molecule has 3 rings (SSSR count). The van der Waals surface area contributed by atoms with Crippen molar-refractivity contribution in [3.8, 4) is 5.75 Å². The van der Waals surface area contributed by atoms with E-state index in [9.17, 15) is 13.2 Å². The van der Waals surface area contributed by atoms with Gasteiger partial charge >= 0.3 is 0 Å². The second-order valence-corrected chi connectivity index (χ2v) is 7.65. The average Bonchev–Trinajstić information content (AvgIpc) is 2.76. The Kier molecular flexibility index (Phi) is 8.17. The zero-order valence-electron chi connectivity index (χ0n) is 17.9. The van der Waals surface area contributed by atoms with E-state index in [0.29, 0.717) is 31.0 Å². The van der Waals surface area contributed by atoms with E-state index in [1.54, 1.807) is 13.1 Å². The SMILES string of the molecule is CN=C(NCCc1ccc(F)cc1F)NC1CCN(Cc2ccc(OC)c(F)c2)CC1. The van der Waals surface area contributed by atoms with Gasteiger partial charge in [-0.05, 0) is 48.6 Å². The summed E-state index contributed by atoms with van der Waals surface area (Å²) >= 11 is 0. The van der Waals surface area contributed by atoms with Gasteiger partial charge in [0.05, 0.1) is 7.11 Å². The van der Waals surface area contributed by atoms with E-state index >= 15 is 0 Å². The van der Waals surface area contributed by atoms with Gasteiger partial charge in [0.1, 0.15) is 11.6 Å². The average molecular weight is 435 g/mol. The largest absolute Gasteiger partial charge is 0.494 e. The molecule has 1 saturated heterocycles. The summed E-state index contributed by atoms with van der Waals surface area (Å²) < 4.78 is 45.6. The summed E-state index contributed by atoms with van der Waals surface area (Å²) in [5.74, 6) is -0.526. The van der Waals surface area contributed by atoms with E-state index in [0.717, 1.165) is 37.6 Å². The molecule has 1 aliphatic heterocycles. The molecule has 0 aromatic heterocycles. The minimum atomic E-state index is -0.574. The first-order valence-electron chi connectivity index (χ1n) is 10.4. The Morgan fingerprint density at radius 2 is 1.87 bits per heavy atom. The number of benzene rings is 2. The second kappa shape index (κ2) is 11.0. The summed E-state index contributed by atoms with van der Waals surface area (Å²) in [6, 6.07) is 8.98. The predicted octanol–water partition coefficient (Wildman–Crippen LogP) is 3.48. The van der Waals surface area contributed by atoms with E-state index in [4.69, 9.17) is 4.74 Å². The molecule has 0 saturated carbocycles. The number of methoxy groups -OCH3 is 1. The molecule has 2 N–H and O–H groups in total. The summed E-state index contributed by atoms with van der Waals surface area (Å²) in [6.45, 7) is 2.97. The summed E-state index contributed by atoms with van der Waals surface area (Å²) in [6.07, 6.45) is 2.31. The lowest BCUT2D eigenvalue weighted by molar-refractivity contribution is 0.198. The van der Waals surface area contributed by atoms with Crippen molar-refractivity contribution in [3.63, 3.8) is 0 Å². The third-order valence-electron chi connectivity index (χ3n) is 5.48. The number of rotatable bonds is 7. The molecule has 0 unspecified atom stereocenters. The van der Waals surface area contributed by atoms with Crippen LogP contribution in [0.15, 0.2) is 41.4 Å². The topological polar surface area (TPSA) is 48.9 Å². The van der Waals surface area contributed by atoms with E-state index in [2.05, 4.69) is 20.5 Å². The fraction of sp³-hybridized carbons (Fsp3) is 0.435. The molecule has 1 fully saturated rings. The first-order valence-corrected chi connectivity index (χ1v) is 10.4. The maximum absolute atomic E-state index is 13.9. The first-order chi connectivity index (χ1) is 15.0. The summed E-state index contributed by atoms with van der Waals surface area (Å²) in [5, 5.41) is 6.59. The number of likely N-dealkylation sites (tertiary alicyclic amines) is 1. The number of nitrogens with zero attached hydrogens (tertiary/aromatic N) is 2. The molecule has 2 aromatic carbocycles. The van der Waals surface area contributed by atoms with Crippen molar-refractivity contribution in [1.82, 2.24) is 15.5 Å². The number of nitrogens with one attached hydrogen (secondary N) is 2. The van der Waals surface area contributed by atoms with Crippen LogP contribution in [0.3, 0.4) is 0 Å². The standard InChI is InChI=1S/C23H29F3N4O/c1-27-23(28-10-7-17-4-5-18(24)14-20(17)25)29-19-8-11-30(12-9-19)15-16-3-6-22(31-2)21(26)13-16/h3-6,13-14,19H,7-12,15H2,1-2H3,(H2,27,28,29). The number of halogens is 3. The second-order valence-electron chi connectivity index (χ2n) is 7.65. The molecule has 0 amide bonds. The normalized spacial score (nSPS) is 15.7. The predicted molar refractivity (Wildman–Crippen MR) is 116 cm³/mol. The Morgan fingerprint density at radius 3 is 2.52 bits per heavy atom. The summed E-state index contributed by atoms with van der Waals surface area (Å²) in [7, 11) is 3.15. The Balaban J connectivity index is 1.41. The molecular formula is C23H29F3N4O. The first kappa shape index (κ1) is 22.9. The third kappa shape index (κ3) is 6.62. The maximum Gasteiger partial charge on any atom is 0.191 e. The van der Waals surface area contributed by atoms with Gasteiger partial charge in [-0.2, -0.15) is 0 Å². The van der Waals surface area contributed by atoms with Gasteiger partial charge in [0.2, 0.25) is 0 Å². The zero-order chi connectivity index (χ0) is 22.2. The van der Waals surface area contributed by atoms with Gasteiger partial charge in [-0.1, -0.05) is 12.1 Å². The fourth-order valence-corrected chi connectivity index (χ4v) is 3.73. The van der Waals surface area contributed by atoms with Crippen molar-refractivity contribution >= 4 is 5.96 Å².